The molecule has 0 spiro atoms. The molecular weight excluding hydrogens is 224 g/mol. The molecule has 0 atom stereocenters. The van der Waals surface area contributed by atoms with Gasteiger partial charge in [0, 0.05) is 11.6 Å². The zero-order valence-corrected chi connectivity index (χ0v) is 8.43. The maximum Gasteiger partial charge on any atom is 0.293 e. The van der Waals surface area contributed by atoms with Crippen LogP contribution >= 0.6 is 22.9 Å². The third-order valence-corrected chi connectivity index (χ3v) is 2.34. The van der Waals surface area contributed by atoms with Gasteiger partial charge in [-0.15, -0.1) is 11.3 Å². The SMILES string of the molecule is O=C(Nc1nccs1)c1ccc(Cl)o1. The van der Waals surface area contributed by atoms with Crippen molar-refractivity contribution in [1.29, 1.82) is 0 Å². The van der Waals surface area contributed by atoms with Gasteiger partial charge in [0.2, 0.25) is 0 Å². The van der Waals surface area contributed by atoms with Gasteiger partial charge in [0.25, 0.3) is 5.91 Å². The highest BCUT2D eigenvalue weighted by Crippen LogP contribution is 2.16. The Balaban J connectivity index is 2.10. The Hall–Kier alpha value is -1.33. The fraction of sp³-hybridized carbons (Fsp3) is 0. The van der Waals surface area contributed by atoms with Crippen LogP contribution in [0.15, 0.2) is 28.1 Å². The Kier molecular flexibility index (Phi) is 2.51. The highest BCUT2D eigenvalue weighted by Gasteiger charge is 2.11. The first-order valence-electron chi connectivity index (χ1n) is 3.72. The lowest BCUT2D eigenvalue weighted by Crippen LogP contribution is -2.10. The first-order chi connectivity index (χ1) is 6.75. The lowest BCUT2D eigenvalue weighted by Gasteiger charge is -1.96. The lowest BCUT2D eigenvalue weighted by atomic mass is 10.4. The summed E-state index contributed by atoms with van der Waals surface area (Å²) in [4.78, 5) is 15.3. The van der Waals surface area contributed by atoms with Crippen molar-refractivity contribution >= 4 is 34.0 Å². The van der Waals surface area contributed by atoms with Gasteiger partial charge in [-0.05, 0) is 23.7 Å². The van der Waals surface area contributed by atoms with Crippen molar-refractivity contribution in [2.24, 2.45) is 0 Å². The molecule has 0 fully saturated rings. The molecule has 0 aliphatic rings. The molecule has 2 rings (SSSR count). The second kappa shape index (κ2) is 3.81. The minimum atomic E-state index is -0.355. The topological polar surface area (TPSA) is 55.1 Å². The number of furan rings is 1. The van der Waals surface area contributed by atoms with Gasteiger partial charge in [-0.3, -0.25) is 10.1 Å². The molecule has 1 amide bonds. The third kappa shape index (κ3) is 1.94. The van der Waals surface area contributed by atoms with Crippen LogP contribution in [0.1, 0.15) is 10.6 Å². The van der Waals surface area contributed by atoms with E-state index in [2.05, 4.69) is 10.3 Å². The number of hydrogen-bond donors (Lipinski definition) is 1. The summed E-state index contributed by atoms with van der Waals surface area (Å²) in [7, 11) is 0. The van der Waals surface area contributed by atoms with Crippen LogP contribution in [0.2, 0.25) is 5.22 Å². The summed E-state index contributed by atoms with van der Waals surface area (Å²) >= 11 is 6.86. The van der Waals surface area contributed by atoms with E-state index < -0.39 is 0 Å². The van der Waals surface area contributed by atoms with Gasteiger partial charge in [-0.2, -0.15) is 0 Å². The molecule has 0 bridgehead atoms. The lowest BCUT2D eigenvalue weighted by molar-refractivity contribution is 0.0997. The van der Waals surface area contributed by atoms with Gasteiger partial charge in [-0.25, -0.2) is 4.98 Å². The quantitative estimate of drug-likeness (QED) is 0.860. The Morgan fingerprint density at radius 1 is 1.57 bits per heavy atom. The maximum atomic E-state index is 11.4. The van der Waals surface area contributed by atoms with Crippen LogP contribution in [0.25, 0.3) is 0 Å². The molecule has 0 saturated heterocycles. The van der Waals surface area contributed by atoms with E-state index in [1.54, 1.807) is 11.6 Å². The summed E-state index contributed by atoms with van der Waals surface area (Å²) in [6, 6.07) is 3.02. The number of nitrogens with zero attached hydrogens (tertiary/aromatic N) is 1. The van der Waals surface area contributed by atoms with Crippen LogP contribution in [0.3, 0.4) is 0 Å². The van der Waals surface area contributed by atoms with E-state index in [0.717, 1.165) is 0 Å². The highest BCUT2D eigenvalue weighted by atomic mass is 35.5. The number of rotatable bonds is 2. The number of carbonyl (C=O) groups excluding carboxylic acids is 1. The molecule has 0 aliphatic carbocycles. The van der Waals surface area contributed by atoms with Crippen molar-refractivity contribution in [3.05, 3.63) is 34.7 Å². The monoisotopic (exact) mass is 228 g/mol. The highest BCUT2D eigenvalue weighted by molar-refractivity contribution is 7.13. The normalized spacial score (nSPS) is 10.1. The van der Waals surface area contributed by atoms with Crippen molar-refractivity contribution in [2.45, 2.75) is 0 Å². The van der Waals surface area contributed by atoms with Gasteiger partial charge in [0.05, 0.1) is 0 Å². The van der Waals surface area contributed by atoms with Crippen molar-refractivity contribution in [3.63, 3.8) is 0 Å². The predicted molar refractivity (Wildman–Crippen MR) is 53.8 cm³/mol. The predicted octanol–water partition coefficient (Wildman–Crippen LogP) is 2.64. The molecular formula is C8H5ClN2O2S. The second-order valence-corrected chi connectivity index (χ2v) is 3.66. The summed E-state index contributed by atoms with van der Waals surface area (Å²) in [5.74, 6) is -0.183. The third-order valence-electron chi connectivity index (χ3n) is 1.45. The number of anilines is 1. The van der Waals surface area contributed by atoms with E-state index in [0.29, 0.717) is 5.13 Å². The van der Waals surface area contributed by atoms with E-state index in [1.165, 1.54) is 23.5 Å². The van der Waals surface area contributed by atoms with Gasteiger partial charge >= 0.3 is 0 Å². The van der Waals surface area contributed by atoms with Crippen LogP contribution in [0, 0.1) is 0 Å². The minimum Gasteiger partial charge on any atom is -0.440 e. The summed E-state index contributed by atoms with van der Waals surface area (Å²) in [5.41, 5.74) is 0. The number of thiazole rings is 1. The zero-order chi connectivity index (χ0) is 9.97. The van der Waals surface area contributed by atoms with Crippen LogP contribution in [-0.4, -0.2) is 10.9 Å². The molecule has 0 radical (unpaired) electrons. The number of nitrogens with one attached hydrogen (secondary N) is 1. The largest absolute Gasteiger partial charge is 0.440 e. The van der Waals surface area contributed by atoms with E-state index in [9.17, 15) is 4.79 Å². The standard InChI is InChI=1S/C8H5ClN2O2S/c9-6-2-1-5(13-6)7(12)11-8-10-3-4-14-8/h1-4H,(H,10,11,12). The Labute approximate surface area is 88.5 Å². The molecule has 0 aromatic carbocycles. The number of amides is 1. The van der Waals surface area contributed by atoms with Crippen LogP contribution in [-0.2, 0) is 0 Å². The van der Waals surface area contributed by atoms with Crippen LogP contribution in [0.5, 0.6) is 0 Å². The van der Waals surface area contributed by atoms with E-state index in [-0.39, 0.29) is 16.9 Å². The number of hydrogen-bond acceptors (Lipinski definition) is 4. The zero-order valence-electron chi connectivity index (χ0n) is 6.86. The number of carbonyl (C=O) groups is 1. The first-order valence-corrected chi connectivity index (χ1v) is 4.97. The molecule has 0 aliphatic heterocycles. The molecule has 4 nitrogen and oxygen atoms in total. The smallest absolute Gasteiger partial charge is 0.293 e. The Bertz CT molecular complexity index is 438. The molecule has 1 N–H and O–H groups in total. The molecule has 72 valence electrons. The van der Waals surface area contributed by atoms with E-state index >= 15 is 0 Å². The van der Waals surface area contributed by atoms with Gasteiger partial charge in [0.15, 0.2) is 16.1 Å². The molecule has 0 unspecified atom stereocenters. The average molecular weight is 229 g/mol. The fourth-order valence-electron chi connectivity index (χ4n) is 0.880. The second-order valence-electron chi connectivity index (χ2n) is 2.40. The molecule has 2 aromatic rings. The maximum absolute atomic E-state index is 11.4. The Morgan fingerprint density at radius 2 is 2.43 bits per heavy atom. The van der Waals surface area contributed by atoms with Crippen molar-refractivity contribution in [2.75, 3.05) is 5.32 Å². The molecule has 6 heteroatoms. The molecule has 2 heterocycles. The number of aromatic nitrogens is 1. The summed E-state index contributed by atoms with van der Waals surface area (Å²) in [5, 5.41) is 5.06. The van der Waals surface area contributed by atoms with Crippen LogP contribution < -0.4 is 5.32 Å². The molecule has 14 heavy (non-hydrogen) atoms. The summed E-state index contributed by atoms with van der Waals surface area (Å²) < 4.78 is 4.92. The van der Waals surface area contributed by atoms with Gasteiger partial charge in [0.1, 0.15) is 0 Å². The molecule has 2 aromatic heterocycles. The number of halogens is 1. The Morgan fingerprint density at radius 3 is 3.00 bits per heavy atom. The van der Waals surface area contributed by atoms with E-state index in [1.807, 2.05) is 0 Å². The first kappa shape index (κ1) is 9.23. The van der Waals surface area contributed by atoms with Crippen molar-refractivity contribution in [1.82, 2.24) is 4.98 Å². The van der Waals surface area contributed by atoms with E-state index in [4.69, 9.17) is 16.0 Å². The summed E-state index contributed by atoms with van der Waals surface area (Å²) in [6.45, 7) is 0. The fourth-order valence-corrected chi connectivity index (χ4v) is 1.55. The van der Waals surface area contributed by atoms with Crippen molar-refractivity contribution in [3.8, 4) is 0 Å². The minimum absolute atomic E-state index is 0.171. The summed E-state index contributed by atoms with van der Waals surface area (Å²) in [6.07, 6.45) is 1.61. The van der Waals surface area contributed by atoms with Crippen LogP contribution in [0.4, 0.5) is 5.13 Å². The van der Waals surface area contributed by atoms with Crippen molar-refractivity contribution < 1.29 is 9.21 Å². The molecule has 0 saturated carbocycles. The average Bonchev–Trinajstić information content (AvgIpc) is 2.75. The van der Waals surface area contributed by atoms with Gasteiger partial charge in [-0.1, -0.05) is 0 Å². The van der Waals surface area contributed by atoms with Gasteiger partial charge < -0.3 is 4.42 Å².